The molecule has 0 aromatic rings. The third-order valence-electron chi connectivity index (χ3n) is 4.17. The molecule has 1 aliphatic carbocycles. The van der Waals surface area contributed by atoms with Crippen LogP contribution in [0.4, 0.5) is 4.79 Å². The summed E-state index contributed by atoms with van der Waals surface area (Å²) in [6.07, 6.45) is 0.275. The Morgan fingerprint density at radius 1 is 1.09 bits per heavy atom. The normalized spacial score (nSPS) is 23.4. The van der Waals surface area contributed by atoms with Crippen molar-refractivity contribution < 1.29 is 23.9 Å². The van der Waals surface area contributed by atoms with Gasteiger partial charge in [-0.2, -0.15) is 0 Å². The number of hydrogen-bond acceptors (Lipinski definition) is 5. The number of carbonyl (C=O) groups excluding carboxylic acids is 3. The number of methoxy groups -OCH3 is 1. The van der Waals surface area contributed by atoms with E-state index in [1.807, 2.05) is 0 Å². The number of piperazine rings is 1. The van der Waals surface area contributed by atoms with E-state index in [1.54, 1.807) is 23.8 Å². The summed E-state index contributed by atoms with van der Waals surface area (Å²) in [6.45, 7) is 4.97. The molecule has 0 aromatic heterocycles. The van der Waals surface area contributed by atoms with Crippen LogP contribution in [-0.4, -0.2) is 80.8 Å². The molecule has 3 amide bonds. The zero-order valence-corrected chi connectivity index (χ0v) is 13.7. The smallest absolute Gasteiger partial charge is 0.409 e. The van der Waals surface area contributed by atoms with Gasteiger partial charge in [0.15, 0.2) is 0 Å². The largest absolute Gasteiger partial charge is 0.450 e. The van der Waals surface area contributed by atoms with E-state index in [0.717, 1.165) is 0 Å². The van der Waals surface area contributed by atoms with Crippen molar-refractivity contribution in [1.82, 2.24) is 15.1 Å². The standard InChI is InChI=1S/C15H25N3O5/c1-3-23-15(21)18-7-5-17(6-8-18)14(20)12-10-11(12)13(19)16-4-9-22-2/h11-12H,3-10H2,1-2H3,(H,16,19). The molecular weight excluding hydrogens is 302 g/mol. The van der Waals surface area contributed by atoms with Crippen molar-refractivity contribution in [3.05, 3.63) is 0 Å². The highest BCUT2D eigenvalue weighted by molar-refractivity contribution is 5.92. The van der Waals surface area contributed by atoms with Gasteiger partial charge in [0.25, 0.3) is 0 Å². The Morgan fingerprint density at radius 2 is 1.74 bits per heavy atom. The maximum absolute atomic E-state index is 12.4. The SMILES string of the molecule is CCOC(=O)N1CCN(C(=O)C2CC2C(=O)NCCOC)CC1. The van der Waals surface area contributed by atoms with Gasteiger partial charge in [-0.1, -0.05) is 0 Å². The number of nitrogens with zero attached hydrogens (tertiary/aromatic N) is 2. The van der Waals surface area contributed by atoms with Crippen LogP contribution in [0.1, 0.15) is 13.3 Å². The third-order valence-corrected chi connectivity index (χ3v) is 4.17. The van der Waals surface area contributed by atoms with Gasteiger partial charge < -0.3 is 24.6 Å². The van der Waals surface area contributed by atoms with Gasteiger partial charge in [-0.15, -0.1) is 0 Å². The second-order valence-electron chi connectivity index (χ2n) is 5.74. The van der Waals surface area contributed by atoms with E-state index in [-0.39, 0.29) is 29.7 Å². The Kier molecular flexibility index (Phi) is 6.20. The van der Waals surface area contributed by atoms with Gasteiger partial charge in [-0.3, -0.25) is 9.59 Å². The van der Waals surface area contributed by atoms with Crippen molar-refractivity contribution in [2.75, 3.05) is 53.0 Å². The van der Waals surface area contributed by atoms with Crippen molar-refractivity contribution in [2.24, 2.45) is 11.8 Å². The summed E-state index contributed by atoms with van der Waals surface area (Å²) in [5, 5.41) is 2.77. The molecule has 1 saturated carbocycles. The minimum Gasteiger partial charge on any atom is -0.450 e. The van der Waals surface area contributed by atoms with Crippen LogP contribution in [0.2, 0.25) is 0 Å². The summed E-state index contributed by atoms with van der Waals surface area (Å²) in [6, 6.07) is 0. The number of rotatable bonds is 6. The lowest BCUT2D eigenvalue weighted by Crippen LogP contribution is -2.51. The summed E-state index contributed by atoms with van der Waals surface area (Å²) >= 11 is 0. The van der Waals surface area contributed by atoms with Crippen LogP contribution in [0.25, 0.3) is 0 Å². The summed E-state index contributed by atoms with van der Waals surface area (Å²) < 4.78 is 9.83. The number of amides is 3. The summed E-state index contributed by atoms with van der Waals surface area (Å²) in [5.41, 5.74) is 0. The fraction of sp³-hybridized carbons (Fsp3) is 0.800. The maximum Gasteiger partial charge on any atom is 0.409 e. The maximum atomic E-state index is 12.4. The van der Waals surface area contributed by atoms with E-state index in [1.165, 1.54) is 0 Å². The molecular formula is C15H25N3O5. The molecule has 1 aliphatic heterocycles. The topological polar surface area (TPSA) is 88.2 Å². The Hall–Kier alpha value is -1.83. The molecule has 0 spiro atoms. The van der Waals surface area contributed by atoms with Crippen molar-refractivity contribution in [2.45, 2.75) is 13.3 Å². The molecule has 1 N–H and O–H groups in total. The summed E-state index contributed by atoms with van der Waals surface area (Å²) in [7, 11) is 1.57. The lowest BCUT2D eigenvalue weighted by atomic mass is 10.2. The molecule has 2 aliphatic rings. The van der Waals surface area contributed by atoms with E-state index >= 15 is 0 Å². The van der Waals surface area contributed by atoms with Gasteiger partial charge >= 0.3 is 6.09 Å². The summed E-state index contributed by atoms with van der Waals surface area (Å²) in [5.74, 6) is -0.500. The highest BCUT2D eigenvalue weighted by Gasteiger charge is 2.49. The van der Waals surface area contributed by atoms with E-state index in [9.17, 15) is 14.4 Å². The molecule has 0 radical (unpaired) electrons. The van der Waals surface area contributed by atoms with Crippen LogP contribution in [0.3, 0.4) is 0 Å². The molecule has 1 saturated heterocycles. The van der Waals surface area contributed by atoms with E-state index in [2.05, 4.69) is 5.32 Å². The van der Waals surface area contributed by atoms with Gasteiger partial charge in [0.05, 0.1) is 25.0 Å². The second kappa shape index (κ2) is 8.14. The fourth-order valence-corrected chi connectivity index (χ4v) is 2.72. The van der Waals surface area contributed by atoms with Gasteiger partial charge in [0.2, 0.25) is 11.8 Å². The van der Waals surface area contributed by atoms with Crippen molar-refractivity contribution in [1.29, 1.82) is 0 Å². The van der Waals surface area contributed by atoms with E-state index < -0.39 is 0 Å². The molecule has 2 unspecified atom stereocenters. The van der Waals surface area contributed by atoms with Crippen molar-refractivity contribution >= 4 is 17.9 Å². The van der Waals surface area contributed by atoms with Crippen LogP contribution in [0.5, 0.6) is 0 Å². The average Bonchev–Trinajstić information content (AvgIpc) is 3.35. The van der Waals surface area contributed by atoms with Gasteiger partial charge in [0.1, 0.15) is 0 Å². The minimum atomic E-state index is -0.332. The first kappa shape index (κ1) is 17.5. The van der Waals surface area contributed by atoms with Crippen LogP contribution >= 0.6 is 0 Å². The van der Waals surface area contributed by atoms with Gasteiger partial charge in [0, 0.05) is 39.8 Å². The fourth-order valence-electron chi connectivity index (χ4n) is 2.72. The number of nitrogens with one attached hydrogen (secondary N) is 1. The van der Waals surface area contributed by atoms with Crippen LogP contribution < -0.4 is 5.32 Å². The Bertz CT molecular complexity index is 448. The molecule has 8 nitrogen and oxygen atoms in total. The van der Waals surface area contributed by atoms with Gasteiger partial charge in [-0.05, 0) is 13.3 Å². The molecule has 1 heterocycles. The predicted molar refractivity (Wildman–Crippen MR) is 81.7 cm³/mol. The third kappa shape index (κ3) is 4.57. The molecule has 0 aromatic carbocycles. The van der Waals surface area contributed by atoms with E-state index in [0.29, 0.717) is 52.4 Å². The molecule has 0 bridgehead atoms. The molecule has 130 valence electrons. The molecule has 23 heavy (non-hydrogen) atoms. The van der Waals surface area contributed by atoms with Crippen LogP contribution in [-0.2, 0) is 19.1 Å². The molecule has 2 atom stereocenters. The van der Waals surface area contributed by atoms with Crippen LogP contribution in [0, 0.1) is 11.8 Å². The van der Waals surface area contributed by atoms with Crippen molar-refractivity contribution in [3.63, 3.8) is 0 Å². The highest BCUT2D eigenvalue weighted by atomic mass is 16.6. The summed E-state index contributed by atoms with van der Waals surface area (Å²) in [4.78, 5) is 39.2. The van der Waals surface area contributed by atoms with E-state index in [4.69, 9.17) is 9.47 Å². The zero-order chi connectivity index (χ0) is 16.8. The lowest BCUT2D eigenvalue weighted by Gasteiger charge is -2.34. The number of hydrogen-bond donors (Lipinski definition) is 1. The molecule has 2 fully saturated rings. The monoisotopic (exact) mass is 327 g/mol. The predicted octanol–water partition coefficient (Wildman–Crippen LogP) is -0.314. The number of ether oxygens (including phenoxy) is 2. The molecule has 2 rings (SSSR count). The first-order valence-electron chi connectivity index (χ1n) is 8.05. The zero-order valence-electron chi connectivity index (χ0n) is 13.7. The average molecular weight is 327 g/mol. The Labute approximate surface area is 136 Å². The number of carbonyl (C=O) groups is 3. The van der Waals surface area contributed by atoms with Gasteiger partial charge in [-0.25, -0.2) is 4.79 Å². The first-order valence-corrected chi connectivity index (χ1v) is 8.05. The Balaban J connectivity index is 1.72. The lowest BCUT2D eigenvalue weighted by molar-refractivity contribution is -0.136. The molecule has 8 heteroatoms. The Morgan fingerprint density at radius 3 is 2.35 bits per heavy atom. The highest BCUT2D eigenvalue weighted by Crippen LogP contribution is 2.40. The second-order valence-corrected chi connectivity index (χ2v) is 5.74. The minimum absolute atomic E-state index is 0.0143. The van der Waals surface area contributed by atoms with Crippen LogP contribution in [0.15, 0.2) is 0 Å². The first-order chi connectivity index (χ1) is 11.1. The quantitative estimate of drug-likeness (QED) is 0.676. The van der Waals surface area contributed by atoms with Crippen molar-refractivity contribution in [3.8, 4) is 0 Å².